The number of para-hydroxylation sites is 1. The van der Waals surface area contributed by atoms with Crippen LogP contribution in [0.5, 0.6) is 5.75 Å². The van der Waals surface area contributed by atoms with Gasteiger partial charge in [-0.1, -0.05) is 80.1 Å². The molecule has 0 bridgehead atoms. The fourth-order valence-corrected chi connectivity index (χ4v) is 3.94. The lowest BCUT2D eigenvalue weighted by Gasteiger charge is -2.32. The quantitative estimate of drug-likeness (QED) is 0.302. The van der Waals surface area contributed by atoms with E-state index in [1.165, 1.54) is 11.0 Å². The number of benzene rings is 3. The Bertz CT molecular complexity index is 1080. The molecular formula is C30H35FN2O3. The Balaban J connectivity index is 1.79. The van der Waals surface area contributed by atoms with Gasteiger partial charge in [0, 0.05) is 31.5 Å². The summed E-state index contributed by atoms with van der Waals surface area (Å²) in [7, 11) is 0. The van der Waals surface area contributed by atoms with Crippen molar-refractivity contribution in [1.82, 2.24) is 10.2 Å². The van der Waals surface area contributed by atoms with Crippen LogP contribution in [-0.2, 0) is 22.6 Å². The van der Waals surface area contributed by atoms with E-state index in [9.17, 15) is 14.0 Å². The Hall–Kier alpha value is -3.67. The van der Waals surface area contributed by atoms with Crippen molar-refractivity contribution in [1.29, 1.82) is 0 Å². The Kier molecular flexibility index (Phi) is 11.0. The second-order valence-electron chi connectivity index (χ2n) is 8.73. The van der Waals surface area contributed by atoms with E-state index < -0.39 is 11.9 Å². The molecule has 0 saturated heterocycles. The number of hydrogen-bond donors (Lipinski definition) is 1. The first-order valence-electron chi connectivity index (χ1n) is 12.6. The van der Waals surface area contributed by atoms with E-state index in [-0.39, 0.29) is 24.8 Å². The fraction of sp³-hybridized carbons (Fsp3) is 0.333. The van der Waals surface area contributed by atoms with Gasteiger partial charge < -0.3 is 15.0 Å². The molecule has 2 amide bonds. The Morgan fingerprint density at radius 3 is 2.28 bits per heavy atom. The molecule has 1 N–H and O–H groups in total. The topological polar surface area (TPSA) is 58.6 Å². The van der Waals surface area contributed by atoms with Crippen LogP contribution in [0, 0.1) is 5.82 Å². The Morgan fingerprint density at radius 1 is 0.917 bits per heavy atom. The molecule has 3 aromatic rings. The lowest BCUT2D eigenvalue weighted by molar-refractivity contribution is -0.141. The fourth-order valence-electron chi connectivity index (χ4n) is 3.94. The maximum atomic E-state index is 14.6. The normalized spacial score (nSPS) is 11.5. The molecule has 0 spiro atoms. The summed E-state index contributed by atoms with van der Waals surface area (Å²) in [6.45, 7) is 2.98. The second kappa shape index (κ2) is 14.7. The van der Waals surface area contributed by atoms with Crippen molar-refractivity contribution in [2.24, 2.45) is 0 Å². The van der Waals surface area contributed by atoms with Crippen LogP contribution in [0.25, 0.3) is 0 Å². The van der Waals surface area contributed by atoms with Crippen LogP contribution in [-0.4, -0.2) is 35.9 Å². The molecule has 5 nitrogen and oxygen atoms in total. The standard InChI is InChI=1S/C30H35FN2O3/c1-2-3-20-32-30(35)28(22-24-13-6-4-7-14-24)33(23-25-15-10-11-18-27(25)31)29(34)19-12-21-36-26-16-8-5-9-17-26/h4-11,13-18,28H,2-3,12,19-23H2,1H3,(H,32,35). The molecule has 1 atom stereocenters. The minimum atomic E-state index is -0.758. The number of halogens is 1. The Morgan fingerprint density at radius 2 is 1.58 bits per heavy atom. The van der Waals surface area contributed by atoms with E-state index in [1.54, 1.807) is 18.2 Å². The summed E-state index contributed by atoms with van der Waals surface area (Å²) < 4.78 is 20.3. The minimum Gasteiger partial charge on any atom is -0.494 e. The van der Waals surface area contributed by atoms with E-state index in [1.807, 2.05) is 60.7 Å². The highest BCUT2D eigenvalue weighted by atomic mass is 19.1. The number of hydrogen-bond acceptors (Lipinski definition) is 3. The largest absolute Gasteiger partial charge is 0.494 e. The van der Waals surface area contributed by atoms with Crippen LogP contribution < -0.4 is 10.1 Å². The number of ether oxygens (including phenoxy) is 1. The Labute approximate surface area is 213 Å². The van der Waals surface area contributed by atoms with Crippen molar-refractivity contribution in [3.8, 4) is 5.75 Å². The van der Waals surface area contributed by atoms with Gasteiger partial charge in [-0.2, -0.15) is 0 Å². The third-order valence-electron chi connectivity index (χ3n) is 5.95. The highest BCUT2D eigenvalue weighted by Gasteiger charge is 2.30. The molecule has 0 aliphatic carbocycles. The first-order chi connectivity index (χ1) is 17.6. The molecule has 190 valence electrons. The highest BCUT2D eigenvalue weighted by Crippen LogP contribution is 2.18. The van der Waals surface area contributed by atoms with Gasteiger partial charge in [0.2, 0.25) is 11.8 Å². The molecule has 0 aliphatic rings. The van der Waals surface area contributed by atoms with Crippen molar-refractivity contribution in [2.75, 3.05) is 13.2 Å². The number of nitrogens with one attached hydrogen (secondary N) is 1. The van der Waals surface area contributed by atoms with Gasteiger partial charge in [0.1, 0.15) is 17.6 Å². The third kappa shape index (κ3) is 8.52. The summed E-state index contributed by atoms with van der Waals surface area (Å²) >= 11 is 0. The predicted octanol–water partition coefficient (Wildman–Crippen LogP) is 5.54. The lowest BCUT2D eigenvalue weighted by Crippen LogP contribution is -2.50. The van der Waals surface area contributed by atoms with Crippen LogP contribution >= 0.6 is 0 Å². The number of carbonyl (C=O) groups is 2. The summed E-state index contributed by atoms with van der Waals surface area (Å²) in [5.41, 5.74) is 1.32. The van der Waals surface area contributed by atoms with Crippen molar-refractivity contribution in [3.05, 3.63) is 102 Å². The second-order valence-corrected chi connectivity index (χ2v) is 8.73. The molecule has 6 heteroatoms. The molecule has 3 rings (SSSR count). The van der Waals surface area contributed by atoms with Gasteiger partial charge in [-0.05, 0) is 36.6 Å². The number of unbranched alkanes of at least 4 members (excludes halogenated alkanes) is 1. The number of amides is 2. The third-order valence-corrected chi connectivity index (χ3v) is 5.95. The van der Waals surface area contributed by atoms with E-state index in [0.717, 1.165) is 24.2 Å². The van der Waals surface area contributed by atoms with Crippen molar-refractivity contribution < 1.29 is 18.7 Å². The zero-order valence-electron chi connectivity index (χ0n) is 20.9. The van der Waals surface area contributed by atoms with Crippen molar-refractivity contribution in [2.45, 2.75) is 51.6 Å². The first-order valence-corrected chi connectivity index (χ1v) is 12.6. The van der Waals surface area contributed by atoms with Gasteiger partial charge in [-0.25, -0.2) is 4.39 Å². The first kappa shape index (κ1) is 26.9. The van der Waals surface area contributed by atoms with Crippen molar-refractivity contribution >= 4 is 11.8 Å². The molecule has 1 unspecified atom stereocenters. The number of carbonyl (C=O) groups excluding carboxylic acids is 2. The van der Waals surface area contributed by atoms with Gasteiger partial charge >= 0.3 is 0 Å². The molecule has 36 heavy (non-hydrogen) atoms. The molecule has 0 heterocycles. The van der Waals surface area contributed by atoms with Gasteiger partial charge in [0.25, 0.3) is 0 Å². The van der Waals surface area contributed by atoms with Crippen LogP contribution in [0.15, 0.2) is 84.9 Å². The van der Waals surface area contributed by atoms with Gasteiger partial charge in [0.05, 0.1) is 6.61 Å². The minimum absolute atomic E-state index is 0.0176. The summed E-state index contributed by atoms with van der Waals surface area (Å²) in [5, 5.41) is 2.98. The predicted molar refractivity (Wildman–Crippen MR) is 140 cm³/mol. The average Bonchev–Trinajstić information content (AvgIpc) is 2.91. The zero-order chi connectivity index (χ0) is 25.6. The summed E-state index contributed by atoms with van der Waals surface area (Å²) in [6, 6.07) is 24.6. The van der Waals surface area contributed by atoms with E-state index in [4.69, 9.17) is 4.74 Å². The monoisotopic (exact) mass is 490 g/mol. The lowest BCUT2D eigenvalue weighted by atomic mass is 10.0. The molecular weight excluding hydrogens is 455 g/mol. The summed E-state index contributed by atoms with van der Waals surface area (Å²) in [4.78, 5) is 28.4. The molecule has 0 saturated carbocycles. The van der Waals surface area contributed by atoms with Crippen molar-refractivity contribution in [3.63, 3.8) is 0 Å². The SMILES string of the molecule is CCCCNC(=O)C(Cc1ccccc1)N(Cc1ccccc1F)C(=O)CCCOc1ccccc1. The summed E-state index contributed by atoms with van der Waals surface area (Å²) in [5.74, 6) is -0.0861. The van der Waals surface area contributed by atoms with Crippen LogP contribution in [0.2, 0.25) is 0 Å². The van der Waals surface area contributed by atoms with Crippen LogP contribution in [0.1, 0.15) is 43.7 Å². The highest BCUT2D eigenvalue weighted by molar-refractivity contribution is 5.88. The van der Waals surface area contributed by atoms with Crippen LogP contribution in [0.4, 0.5) is 4.39 Å². The maximum absolute atomic E-state index is 14.6. The zero-order valence-corrected chi connectivity index (χ0v) is 20.9. The van der Waals surface area contributed by atoms with Gasteiger partial charge in [-0.3, -0.25) is 9.59 Å². The number of nitrogens with zero attached hydrogens (tertiary/aromatic N) is 1. The van der Waals surface area contributed by atoms with E-state index >= 15 is 0 Å². The van der Waals surface area contributed by atoms with E-state index in [0.29, 0.717) is 31.6 Å². The summed E-state index contributed by atoms with van der Waals surface area (Å²) in [6.07, 6.45) is 2.82. The van der Waals surface area contributed by atoms with Crippen LogP contribution in [0.3, 0.4) is 0 Å². The maximum Gasteiger partial charge on any atom is 0.243 e. The average molecular weight is 491 g/mol. The van der Waals surface area contributed by atoms with E-state index in [2.05, 4.69) is 12.2 Å². The molecule has 0 radical (unpaired) electrons. The van der Waals surface area contributed by atoms with Gasteiger partial charge in [-0.15, -0.1) is 0 Å². The molecule has 0 aliphatic heterocycles. The molecule has 0 aromatic heterocycles. The van der Waals surface area contributed by atoms with Gasteiger partial charge in [0.15, 0.2) is 0 Å². The molecule has 0 fully saturated rings. The smallest absolute Gasteiger partial charge is 0.243 e. The molecule has 3 aromatic carbocycles. The number of rotatable bonds is 14.